The summed E-state index contributed by atoms with van der Waals surface area (Å²) in [6.45, 7) is 11.0. The molecule has 1 unspecified atom stereocenters. The van der Waals surface area contributed by atoms with Crippen molar-refractivity contribution in [2.75, 3.05) is 56.2 Å². The third-order valence-corrected chi connectivity index (χ3v) is 8.06. The van der Waals surface area contributed by atoms with Gasteiger partial charge in [0.15, 0.2) is 0 Å². The molecule has 1 aromatic heterocycles. The summed E-state index contributed by atoms with van der Waals surface area (Å²) < 4.78 is 13.6. The molecular weight excluding hydrogens is 505 g/mol. The van der Waals surface area contributed by atoms with Gasteiger partial charge in [0.2, 0.25) is 0 Å². The second kappa shape index (κ2) is 12.8. The Morgan fingerprint density at radius 2 is 1.77 bits per heavy atom. The summed E-state index contributed by atoms with van der Waals surface area (Å²) in [7, 11) is -0.917. The van der Waals surface area contributed by atoms with E-state index in [0.717, 1.165) is 50.3 Å². The lowest BCUT2D eigenvalue weighted by Crippen LogP contribution is -2.47. The molecule has 0 aliphatic carbocycles. The van der Waals surface area contributed by atoms with E-state index < -0.39 is 11.0 Å². The molecule has 0 bridgehead atoms. The second-order valence-electron chi connectivity index (χ2n) is 8.55. The van der Waals surface area contributed by atoms with Crippen molar-refractivity contribution in [3.05, 3.63) is 57.2 Å². The number of aromatic nitrogens is 1. The van der Waals surface area contributed by atoms with Crippen LogP contribution in [-0.2, 0) is 11.0 Å². The summed E-state index contributed by atoms with van der Waals surface area (Å²) >= 11 is 12.8. The molecule has 1 fully saturated rings. The van der Waals surface area contributed by atoms with Gasteiger partial charge in [-0.2, -0.15) is 0 Å². The summed E-state index contributed by atoms with van der Waals surface area (Å²) in [4.78, 5) is 19.9. The SMILES string of the molecule is CCC(C)=C(C)c1c(NCCN2CCN(S(C)=O)CC2)ncc(C(=O)Nc2ccc(Cl)cc2)c1Cl. The van der Waals surface area contributed by atoms with Gasteiger partial charge in [-0.15, -0.1) is 0 Å². The predicted molar refractivity (Wildman–Crippen MR) is 148 cm³/mol. The maximum Gasteiger partial charge on any atom is 0.258 e. The van der Waals surface area contributed by atoms with Gasteiger partial charge < -0.3 is 10.6 Å². The molecule has 2 aromatic rings. The van der Waals surface area contributed by atoms with Gasteiger partial charge in [0.25, 0.3) is 5.91 Å². The van der Waals surface area contributed by atoms with E-state index in [2.05, 4.69) is 34.4 Å². The fourth-order valence-corrected chi connectivity index (χ4v) is 5.05. The highest BCUT2D eigenvalue weighted by Gasteiger charge is 2.22. The van der Waals surface area contributed by atoms with Crippen LogP contribution < -0.4 is 10.6 Å². The number of rotatable bonds is 9. The van der Waals surface area contributed by atoms with Gasteiger partial charge in [0, 0.05) is 68.0 Å². The van der Waals surface area contributed by atoms with Gasteiger partial charge in [-0.25, -0.2) is 13.5 Å². The molecule has 2 heterocycles. The average Bonchev–Trinajstić information content (AvgIpc) is 2.85. The van der Waals surface area contributed by atoms with E-state index in [1.807, 2.05) is 11.2 Å². The number of carbonyl (C=O) groups excluding carboxylic acids is 1. The molecule has 1 aromatic carbocycles. The first kappa shape index (κ1) is 27.6. The van der Waals surface area contributed by atoms with Crippen molar-refractivity contribution in [1.29, 1.82) is 0 Å². The smallest absolute Gasteiger partial charge is 0.258 e. The summed E-state index contributed by atoms with van der Waals surface area (Å²) in [6, 6.07) is 6.91. The Hall–Kier alpha value is -1.97. The van der Waals surface area contributed by atoms with E-state index in [1.54, 1.807) is 30.5 Å². The number of pyridine rings is 1. The summed E-state index contributed by atoms with van der Waals surface area (Å²) in [5.41, 5.74) is 3.88. The van der Waals surface area contributed by atoms with Crippen molar-refractivity contribution >= 4 is 57.2 Å². The van der Waals surface area contributed by atoms with Crippen molar-refractivity contribution in [3.8, 4) is 0 Å². The lowest BCUT2D eigenvalue weighted by Gasteiger charge is -2.33. The van der Waals surface area contributed by atoms with E-state index in [0.29, 0.717) is 33.7 Å². The highest BCUT2D eigenvalue weighted by molar-refractivity contribution is 7.81. The Labute approximate surface area is 220 Å². The number of halogens is 2. The molecule has 3 rings (SSSR count). The molecule has 1 atom stereocenters. The Kier molecular flexibility index (Phi) is 10.1. The van der Waals surface area contributed by atoms with Crippen LogP contribution in [0.3, 0.4) is 0 Å². The first-order valence-electron chi connectivity index (χ1n) is 11.7. The fourth-order valence-electron chi connectivity index (χ4n) is 3.88. The van der Waals surface area contributed by atoms with Gasteiger partial charge in [-0.05, 0) is 50.1 Å². The minimum atomic E-state index is -0.917. The Bertz CT molecular complexity index is 1100. The van der Waals surface area contributed by atoms with Crippen molar-refractivity contribution in [3.63, 3.8) is 0 Å². The van der Waals surface area contributed by atoms with Gasteiger partial charge in [0.1, 0.15) is 5.82 Å². The van der Waals surface area contributed by atoms with Crippen LogP contribution in [0.25, 0.3) is 5.57 Å². The van der Waals surface area contributed by atoms with Crippen LogP contribution in [-0.4, -0.2) is 69.8 Å². The molecule has 2 N–H and O–H groups in total. The molecule has 35 heavy (non-hydrogen) atoms. The number of allylic oxidation sites excluding steroid dienone is 2. The third kappa shape index (κ3) is 7.27. The minimum Gasteiger partial charge on any atom is -0.368 e. The zero-order valence-electron chi connectivity index (χ0n) is 20.7. The second-order valence-corrected chi connectivity index (χ2v) is 10.7. The summed E-state index contributed by atoms with van der Waals surface area (Å²) in [5, 5.41) is 7.26. The lowest BCUT2D eigenvalue weighted by atomic mass is 9.99. The standard InChI is InChI=1S/C25H33Cl2N5O2S/c1-5-17(2)18(3)22-23(27)21(25(33)30-20-8-6-19(26)7-9-20)16-29-24(22)28-10-11-31-12-14-32(15-13-31)35(4)34/h6-9,16H,5,10-15H2,1-4H3,(H,28,29)(H,30,33). The molecule has 7 nitrogen and oxygen atoms in total. The minimum absolute atomic E-state index is 0.314. The number of amides is 1. The molecule has 0 radical (unpaired) electrons. The van der Waals surface area contributed by atoms with Crippen LogP contribution >= 0.6 is 23.2 Å². The number of nitrogens with zero attached hydrogens (tertiary/aromatic N) is 3. The Morgan fingerprint density at radius 1 is 1.11 bits per heavy atom. The monoisotopic (exact) mass is 537 g/mol. The molecule has 190 valence electrons. The van der Waals surface area contributed by atoms with Crippen LogP contribution in [0.2, 0.25) is 10.0 Å². The van der Waals surface area contributed by atoms with Gasteiger partial charge in [0.05, 0.1) is 21.6 Å². The number of benzene rings is 1. The number of piperazine rings is 1. The van der Waals surface area contributed by atoms with Crippen molar-refractivity contribution < 1.29 is 9.00 Å². The maximum absolute atomic E-state index is 13.0. The molecule has 1 aliphatic rings. The van der Waals surface area contributed by atoms with E-state index in [1.165, 1.54) is 11.8 Å². The number of hydrogen-bond donors (Lipinski definition) is 2. The highest BCUT2D eigenvalue weighted by Crippen LogP contribution is 2.35. The van der Waals surface area contributed by atoms with E-state index >= 15 is 0 Å². The van der Waals surface area contributed by atoms with Gasteiger partial charge in [-0.1, -0.05) is 35.7 Å². The van der Waals surface area contributed by atoms with Crippen LogP contribution in [0.5, 0.6) is 0 Å². The largest absolute Gasteiger partial charge is 0.368 e. The normalized spacial score (nSPS) is 16.5. The number of carbonyl (C=O) groups is 1. The predicted octanol–water partition coefficient (Wildman–Crippen LogP) is 5.17. The fraction of sp³-hybridized carbons (Fsp3) is 0.440. The molecule has 1 amide bonds. The summed E-state index contributed by atoms with van der Waals surface area (Å²) in [6.07, 6.45) is 4.11. The molecule has 10 heteroatoms. The molecule has 0 saturated carbocycles. The van der Waals surface area contributed by atoms with Crippen LogP contribution in [0.15, 0.2) is 36.0 Å². The van der Waals surface area contributed by atoms with E-state index in [9.17, 15) is 9.00 Å². The highest BCUT2D eigenvalue weighted by atomic mass is 35.5. The number of anilines is 2. The molecule has 1 saturated heterocycles. The van der Waals surface area contributed by atoms with Gasteiger partial charge >= 0.3 is 0 Å². The van der Waals surface area contributed by atoms with Crippen molar-refractivity contribution in [1.82, 2.24) is 14.2 Å². The molecular formula is C25H33Cl2N5O2S. The Balaban J connectivity index is 1.77. The lowest BCUT2D eigenvalue weighted by molar-refractivity contribution is 0.102. The van der Waals surface area contributed by atoms with Crippen LogP contribution in [0.1, 0.15) is 43.1 Å². The van der Waals surface area contributed by atoms with Crippen LogP contribution in [0.4, 0.5) is 11.5 Å². The third-order valence-electron chi connectivity index (χ3n) is 6.32. The average molecular weight is 539 g/mol. The van der Waals surface area contributed by atoms with Crippen LogP contribution in [0, 0.1) is 0 Å². The number of nitrogens with one attached hydrogen (secondary N) is 2. The maximum atomic E-state index is 13.0. The van der Waals surface area contributed by atoms with E-state index in [-0.39, 0.29) is 5.91 Å². The van der Waals surface area contributed by atoms with Gasteiger partial charge in [-0.3, -0.25) is 9.69 Å². The number of hydrogen-bond acceptors (Lipinski definition) is 5. The first-order valence-corrected chi connectivity index (χ1v) is 13.9. The topological polar surface area (TPSA) is 77.6 Å². The Morgan fingerprint density at radius 3 is 2.37 bits per heavy atom. The zero-order chi connectivity index (χ0) is 25.5. The zero-order valence-corrected chi connectivity index (χ0v) is 23.0. The van der Waals surface area contributed by atoms with E-state index in [4.69, 9.17) is 23.2 Å². The van der Waals surface area contributed by atoms with Crippen molar-refractivity contribution in [2.24, 2.45) is 0 Å². The molecule has 1 aliphatic heterocycles. The first-order chi connectivity index (χ1) is 16.7. The quantitative estimate of drug-likeness (QED) is 0.461. The van der Waals surface area contributed by atoms with Crippen molar-refractivity contribution in [2.45, 2.75) is 27.2 Å². The molecule has 0 spiro atoms. The summed E-state index contributed by atoms with van der Waals surface area (Å²) in [5.74, 6) is 0.336.